The molecule has 2 N–H and O–H groups in total. The van der Waals surface area contributed by atoms with E-state index in [2.05, 4.69) is 17.6 Å². The lowest BCUT2D eigenvalue weighted by molar-refractivity contribution is -0.136. The van der Waals surface area contributed by atoms with Gasteiger partial charge in [-0.05, 0) is 86.8 Å². The van der Waals surface area contributed by atoms with Gasteiger partial charge in [-0.15, -0.1) is 0 Å². The Morgan fingerprint density at radius 1 is 1.11 bits per heavy atom. The second-order valence-corrected chi connectivity index (χ2v) is 10.7. The maximum Gasteiger partial charge on any atom is 0.261 e. The molecule has 2 aromatic carbocycles. The second kappa shape index (κ2) is 9.54. The standard InChI is InChI=1S/C27H29ClF2N2O4/c1-16-14-26(31-24(33)15-35-19-4-5-20(28)21(30)13-19)8-10-27(16,11-9-26)32-25(34)23-6-2-17-12-18(29)3-7-22(17)36-23/h3-5,7,12-13,16,23H,2,6,8-11,14-15H2,1H3,(H,31,33)(H,32,34)/t16-,23+,26?,27?/m0/s1. The number of amides is 2. The first-order valence-corrected chi connectivity index (χ1v) is 12.7. The highest BCUT2D eigenvalue weighted by Crippen LogP contribution is 2.50. The summed E-state index contributed by atoms with van der Waals surface area (Å²) in [5, 5.41) is 6.43. The molecule has 192 valence electrons. The van der Waals surface area contributed by atoms with Crippen LogP contribution >= 0.6 is 11.6 Å². The molecule has 2 bridgehead atoms. The minimum atomic E-state index is -0.604. The predicted molar refractivity (Wildman–Crippen MR) is 130 cm³/mol. The SMILES string of the molecule is C[C@H]1CC2(NC(=O)COc3ccc(Cl)c(F)c3)CCC1(NC(=O)[C@H]1CCc3cc(F)ccc3O1)CC2. The minimum absolute atomic E-state index is 0.00470. The van der Waals surface area contributed by atoms with Crippen molar-refractivity contribution >= 4 is 23.4 Å². The molecule has 0 unspecified atom stereocenters. The molecule has 2 atom stereocenters. The van der Waals surface area contributed by atoms with Gasteiger partial charge in [0.1, 0.15) is 23.1 Å². The van der Waals surface area contributed by atoms with Crippen molar-refractivity contribution < 1.29 is 27.8 Å². The monoisotopic (exact) mass is 518 g/mol. The molecule has 6 nitrogen and oxygen atoms in total. The Labute approximate surface area is 213 Å². The van der Waals surface area contributed by atoms with Crippen molar-refractivity contribution in [3.8, 4) is 11.5 Å². The summed E-state index contributed by atoms with van der Waals surface area (Å²) in [5.74, 6) is -0.355. The molecule has 1 aliphatic heterocycles. The van der Waals surface area contributed by atoms with E-state index in [0.29, 0.717) is 18.6 Å². The van der Waals surface area contributed by atoms with Gasteiger partial charge in [-0.1, -0.05) is 18.5 Å². The third-order valence-corrected chi connectivity index (χ3v) is 8.34. The van der Waals surface area contributed by atoms with Crippen LogP contribution in [0.5, 0.6) is 11.5 Å². The van der Waals surface area contributed by atoms with Crippen LogP contribution in [0.4, 0.5) is 8.78 Å². The number of hydrogen-bond donors (Lipinski definition) is 2. The average molecular weight is 519 g/mol. The Morgan fingerprint density at radius 3 is 2.61 bits per heavy atom. The van der Waals surface area contributed by atoms with Gasteiger partial charge in [0.25, 0.3) is 11.8 Å². The Balaban J connectivity index is 1.16. The molecule has 1 heterocycles. The van der Waals surface area contributed by atoms with Gasteiger partial charge in [0.15, 0.2) is 12.7 Å². The summed E-state index contributed by atoms with van der Waals surface area (Å²) in [4.78, 5) is 25.8. The quantitative estimate of drug-likeness (QED) is 0.580. The number of rotatable bonds is 6. The zero-order valence-corrected chi connectivity index (χ0v) is 20.8. The number of carbonyl (C=O) groups excluding carboxylic acids is 2. The van der Waals surface area contributed by atoms with Crippen LogP contribution in [0, 0.1) is 17.6 Å². The number of hydrogen-bond acceptors (Lipinski definition) is 4. The van der Waals surface area contributed by atoms with E-state index in [9.17, 15) is 18.4 Å². The maximum atomic E-state index is 13.6. The van der Waals surface area contributed by atoms with Crippen LogP contribution in [0.2, 0.25) is 5.02 Å². The Hall–Kier alpha value is -2.87. The van der Waals surface area contributed by atoms with Gasteiger partial charge >= 0.3 is 0 Å². The Bertz CT molecular complexity index is 1180. The third-order valence-electron chi connectivity index (χ3n) is 8.04. The molecule has 3 fully saturated rings. The van der Waals surface area contributed by atoms with Crippen LogP contribution in [0.15, 0.2) is 36.4 Å². The Kier molecular flexibility index (Phi) is 6.57. The molecule has 6 rings (SSSR count). The third kappa shape index (κ3) is 4.88. The summed E-state index contributed by atoms with van der Waals surface area (Å²) in [6.45, 7) is 1.88. The highest BCUT2D eigenvalue weighted by molar-refractivity contribution is 6.30. The fourth-order valence-corrected chi connectivity index (χ4v) is 6.11. The summed E-state index contributed by atoms with van der Waals surface area (Å²) >= 11 is 5.68. The summed E-state index contributed by atoms with van der Waals surface area (Å²) in [5.41, 5.74) is 0.0986. The zero-order chi connectivity index (χ0) is 25.5. The van der Waals surface area contributed by atoms with Gasteiger partial charge in [0, 0.05) is 17.1 Å². The molecule has 0 aromatic heterocycles. The van der Waals surface area contributed by atoms with Crippen molar-refractivity contribution in [2.75, 3.05) is 6.61 Å². The van der Waals surface area contributed by atoms with Gasteiger partial charge in [-0.2, -0.15) is 0 Å². The highest BCUT2D eigenvalue weighted by atomic mass is 35.5. The van der Waals surface area contributed by atoms with Gasteiger partial charge in [0.05, 0.1) is 5.02 Å². The van der Waals surface area contributed by atoms with E-state index >= 15 is 0 Å². The van der Waals surface area contributed by atoms with Gasteiger partial charge in [0.2, 0.25) is 0 Å². The number of ether oxygens (including phenoxy) is 2. The van der Waals surface area contributed by atoms with Crippen molar-refractivity contribution in [3.05, 3.63) is 58.6 Å². The largest absolute Gasteiger partial charge is 0.484 e. The van der Waals surface area contributed by atoms with Crippen molar-refractivity contribution in [2.24, 2.45) is 5.92 Å². The minimum Gasteiger partial charge on any atom is -0.484 e. The molecule has 3 saturated carbocycles. The van der Waals surface area contributed by atoms with E-state index in [1.807, 2.05) is 0 Å². The predicted octanol–water partition coefficient (Wildman–Crippen LogP) is 4.71. The Morgan fingerprint density at radius 2 is 1.89 bits per heavy atom. The van der Waals surface area contributed by atoms with E-state index in [4.69, 9.17) is 21.1 Å². The molecular formula is C27H29ClF2N2O4. The van der Waals surface area contributed by atoms with Gasteiger partial charge in [-0.3, -0.25) is 9.59 Å². The zero-order valence-electron chi connectivity index (χ0n) is 20.0. The topological polar surface area (TPSA) is 76.7 Å². The van der Waals surface area contributed by atoms with Crippen molar-refractivity contribution in [1.82, 2.24) is 10.6 Å². The lowest BCUT2D eigenvalue weighted by Gasteiger charge is -2.57. The molecule has 4 aliphatic rings. The van der Waals surface area contributed by atoms with Crippen molar-refractivity contribution in [1.29, 1.82) is 0 Å². The van der Waals surface area contributed by atoms with Gasteiger partial charge < -0.3 is 20.1 Å². The van der Waals surface area contributed by atoms with E-state index < -0.39 is 11.9 Å². The van der Waals surface area contributed by atoms with E-state index in [1.54, 1.807) is 6.07 Å². The maximum absolute atomic E-state index is 13.6. The van der Waals surface area contributed by atoms with Crippen LogP contribution in [0.1, 0.15) is 51.0 Å². The summed E-state index contributed by atoms with van der Waals surface area (Å²) < 4.78 is 38.4. The van der Waals surface area contributed by atoms with Crippen LogP contribution in [-0.2, 0) is 16.0 Å². The van der Waals surface area contributed by atoms with E-state index in [1.165, 1.54) is 24.3 Å². The van der Waals surface area contributed by atoms with Crippen LogP contribution in [-0.4, -0.2) is 35.6 Å². The summed E-state index contributed by atoms with van der Waals surface area (Å²) in [7, 11) is 0. The molecule has 2 aromatic rings. The normalized spacial score (nSPS) is 28.6. The lowest BCUT2D eigenvalue weighted by Crippen LogP contribution is -2.68. The fourth-order valence-electron chi connectivity index (χ4n) is 5.99. The van der Waals surface area contributed by atoms with E-state index in [-0.39, 0.29) is 52.0 Å². The second-order valence-electron chi connectivity index (χ2n) is 10.3. The number of halogens is 3. The molecular weight excluding hydrogens is 490 g/mol. The fraction of sp³-hybridized carbons (Fsp3) is 0.481. The van der Waals surface area contributed by atoms with E-state index in [0.717, 1.165) is 43.7 Å². The van der Waals surface area contributed by atoms with Crippen LogP contribution < -0.4 is 20.1 Å². The molecule has 36 heavy (non-hydrogen) atoms. The lowest BCUT2D eigenvalue weighted by atomic mass is 9.56. The summed E-state index contributed by atoms with van der Waals surface area (Å²) in [6.07, 6.45) is 4.21. The number of aryl methyl sites for hydroxylation is 1. The molecule has 9 heteroatoms. The first-order valence-electron chi connectivity index (χ1n) is 12.3. The average Bonchev–Trinajstić information content (AvgIpc) is 2.85. The summed E-state index contributed by atoms with van der Waals surface area (Å²) in [6, 6.07) is 8.44. The number of carbonyl (C=O) groups is 2. The number of benzene rings is 2. The highest BCUT2D eigenvalue weighted by Gasteiger charge is 2.54. The van der Waals surface area contributed by atoms with Crippen LogP contribution in [0.3, 0.4) is 0 Å². The molecule has 0 spiro atoms. The first kappa shape index (κ1) is 24.8. The smallest absolute Gasteiger partial charge is 0.261 e. The van der Waals surface area contributed by atoms with Crippen LogP contribution in [0.25, 0.3) is 0 Å². The van der Waals surface area contributed by atoms with Crippen molar-refractivity contribution in [3.63, 3.8) is 0 Å². The van der Waals surface area contributed by atoms with Crippen molar-refractivity contribution in [2.45, 2.75) is 69.1 Å². The first-order chi connectivity index (χ1) is 17.2. The molecule has 3 aliphatic carbocycles. The number of fused-ring (bicyclic) bond motifs is 4. The number of nitrogens with one attached hydrogen (secondary N) is 2. The molecule has 0 saturated heterocycles. The van der Waals surface area contributed by atoms with Gasteiger partial charge in [-0.25, -0.2) is 8.78 Å². The molecule has 2 amide bonds. The molecule has 0 radical (unpaired) electrons.